The molecule has 4 heteroatoms. The molecule has 1 fully saturated rings. The van der Waals surface area contributed by atoms with E-state index < -0.39 is 0 Å². The zero-order chi connectivity index (χ0) is 15.6. The first kappa shape index (κ1) is 16.0. The van der Waals surface area contributed by atoms with Gasteiger partial charge in [-0.05, 0) is 64.3 Å². The third kappa shape index (κ3) is 3.82. The Morgan fingerprint density at radius 1 is 1.33 bits per heavy atom. The summed E-state index contributed by atoms with van der Waals surface area (Å²) < 4.78 is 13.1. The quantitative estimate of drug-likeness (QED) is 0.928. The summed E-state index contributed by atoms with van der Waals surface area (Å²) in [4.78, 5) is 14.8. The number of benzene rings is 1. The van der Waals surface area contributed by atoms with Gasteiger partial charge in [0.25, 0.3) is 5.91 Å². The average molecular weight is 292 g/mol. The molecule has 1 aliphatic heterocycles. The number of halogens is 1. The van der Waals surface area contributed by atoms with E-state index in [9.17, 15) is 9.18 Å². The fraction of sp³-hybridized carbons (Fsp3) is 0.588. The summed E-state index contributed by atoms with van der Waals surface area (Å²) in [6.45, 7) is 10.3. The van der Waals surface area contributed by atoms with E-state index in [2.05, 4.69) is 31.0 Å². The van der Waals surface area contributed by atoms with E-state index in [1.165, 1.54) is 12.1 Å². The lowest BCUT2D eigenvalue weighted by atomic mass is 9.88. The van der Waals surface area contributed by atoms with Gasteiger partial charge in [0.2, 0.25) is 0 Å². The standard InChI is InChI=1S/C17H25FN2O/c1-12(2)20-9-7-17(4,8-10-20)19-16(21)15-6-5-14(18)11-13(15)3/h5-6,11-12H,7-10H2,1-4H3,(H,19,21). The van der Waals surface area contributed by atoms with Crippen LogP contribution >= 0.6 is 0 Å². The number of piperidine rings is 1. The zero-order valence-corrected chi connectivity index (χ0v) is 13.4. The second kappa shape index (κ2) is 6.14. The van der Waals surface area contributed by atoms with Crippen molar-refractivity contribution in [2.24, 2.45) is 0 Å². The van der Waals surface area contributed by atoms with E-state index in [4.69, 9.17) is 0 Å². The number of carbonyl (C=O) groups excluding carboxylic acids is 1. The van der Waals surface area contributed by atoms with E-state index in [1.807, 2.05) is 0 Å². The SMILES string of the molecule is Cc1cc(F)ccc1C(=O)NC1(C)CCN(C(C)C)CC1. The molecule has 0 radical (unpaired) electrons. The second-order valence-electron chi connectivity index (χ2n) is 6.60. The Kier molecular flexibility index (Phi) is 4.67. The van der Waals surface area contributed by atoms with Crippen molar-refractivity contribution in [3.63, 3.8) is 0 Å². The fourth-order valence-electron chi connectivity index (χ4n) is 2.88. The van der Waals surface area contributed by atoms with Crippen LogP contribution in [-0.4, -0.2) is 35.5 Å². The van der Waals surface area contributed by atoms with Crippen molar-refractivity contribution in [2.75, 3.05) is 13.1 Å². The van der Waals surface area contributed by atoms with Gasteiger partial charge < -0.3 is 10.2 Å². The highest BCUT2D eigenvalue weighted by atomic mass is 19.1. The van der Waals surface area contributed by atoms with Crippen LogP contribution < -0.4 is 5.32 Å². The molecular formula is C17H25FN2O. The van der Waals surface area contributed by atoms with Crippen LogP contribution in [0, 0.1) is 12.7 Å². The van der Waals surface area contributed by atoms with E-state index in [1.54, 1.807) is 13.0 Å². The van der Waals surface area contributed by atoms with E-state index in [0.717, 1.165) is 25.9 Å². The first-order chi connectivity index (χ1) is 9.81. The Morgan fingerprint density at radius 2 is 1.95 bits per heavy atom. The Morgan fingerprint density at radius 3 is 2.48 bits per heavy atom. The van der Waals surface area contributed by atoms with Gasteiger partial charge in [-0.2, -0.15) is 0 Å². The number of nitrogens with zero attached hydrogens (tertiary/aromatic N) is 1. The summed E-state index contributed by atoms with van der Waals surface area (Å²) >= 11 is 0. The van der Waals surface area contributed by atoms with Gasteiger partial charge in [0, 0.05) is 30.2 Å². The van der Waals surface area contributed by atoms with Crippen LogP contribution in [-0.2, 0) is 0 Å². The molecule has 1 aromatic rings. The molecule has 1 heterocycles. The minimum absolute atomic E-state index is 0.104. The maximum absolute atomic E-state index is 13.1. The molecule has 21 heavy (non-hydrogen) atoms. The number of carbonyl (C=O) groups is 1. The van der Waals surface area contributed by atoms with E-state index in [-0.39, 0.29) is 17.3 Å². The number of likely N-dealkylation sites (tertiary alicyclic amines) is 1. The first-order valence-corrected chi connectivity index (χ1v) is 7.63. The van der Waals surface area contributed by atoms with Crippen LogP contribution in [0.5, 0.6) is 0 Å². The van der Waals surface area contributed by atoms with Gasteiger partial charge in [-0.1, -0.05) is 0 Å². The van der Waals surface area contributed by atoms with Crippen molar-refractivity contribution in [1.29, 1.82) is 0 Å². The summed E-state index contributed by atoms with van der Waals surface area (Å²) in [5, 5.41) is 3.14. The average Bonchev–Trinajstić information content (AvgIpc) is 2.38. The van der Waals surface area contributed by atoms with Crippen LogP contribution in [0.1, 0.15) is 49.5 Å². The predicted molar refractivity (Wildman–Crippen MR) is 83.0 cm³/mol. The predicted octanol–water partition coefficient (Wildman–Crippen LogP) is 3.13. The van der Waals surface area contributed by atoms with Gasteiger partial charge in [0.1, 0.15) is 5.82 Å². The highest BCUT2D eigenvalue weighted by Crippen LogP contribution is 2.24. The van der Waals surface area contributed by atoms with Crippen LogP contribution in [0.15, 0.2) is 18.2 Å². The summed E-state index contributed by atoms with van der Waals surface area (Å²) in [6, 6.07) is 4.85. The highest BCUT2D eigenvalue weighted by Gasteiger charge is 2.32. The van der Waals surface area contributed by atoms with E-state index in [0.29, 0.717) is 17.2 Å². The van der Waals surface area contributed by atoms with Crippen molar-refractivity contribution in [2.45, 2.75) is 52.1 Å². The number of nitrogens with one attached hydrogen (secondary N) is 1. The van der Waals surface area contributed by atoms with Crippen molar-refractivity contribution in [3.05, 3.63) is 35.1 Å². The number of rotatable bonds is 3. The van der Waals surface area contributed by atoms with Gasteiger partial charge in [-0.25, -0.2) is 4.39 Å². The molecule has 1 saturated heterocycles. The summed E-state index contributed by atoms with van der Waals surface area (Å²) in [6.07, 6.45) is 1.88. The molecule has 0 saturated carbocycles. The molecule has 0 aliphatic carbocycles. The molecule has 2 rings (SSSR count). The topological polar surface area (TPSA) is 32.3 Å². The summed E-state index contributed by atoms with van der Waals surface area (Å²) in [5.74, 6) is -0.409. The number of amides is 1. The van der Waals surface area contributed by atoms with Crippen LogP contribution in [0.3, 0.4) is 0 Å². The molecule has 1 aliphatic rings. The Hall–Kier alpha value is -1.42. The molecule has 0 unspecified atom stereocenters. The molecular weight excluding hydrogens is 267 g/mol. The normalized spacial score (nSPS) is 18.8. The van der Waals surface area contributed by atoms with Crippen LogP contribution in [0.2, 0.25) is 0 Å². The van der Waals surface area contributed by atoms with Crippen LogP contribution in [0.25, 0.3) is 0 Å². The van der Waals surface area contributed by atoms with Gasteiger partial charge in [-0.3, -0.25) is 4.79 Å². The smallest absolute Gasteiger partial charge is 0.251 e. The van der Waals surface area contributed by atoms with E-state index >= 15 is 0 Å². The fourth-order valence-corrected chi connectivity index (χ4v) is 2.88. The molecule has 1 amide bonds. The van der Waals surface area contributed by atoms with Crippen molar-refractivity contribution in [1.82, 2.24) is 10.2 Å². The Balaban J connectivity index is 2.02. The maximum Gasteiger partial charge on any atom is 0.251 e. The van der Waals surface area contributed by atoms with Gasteiger partial charge in [-0.15, -0.1) is 0 Å². The number of aryl methyl sites for hydroxylation is 1. The summed E-state index contributed by atoms with van der Waals surface area (Å²) in [5.41, 5.74) is 1.06. The Bertz CT molecular complexity index is 520. The van der Waals surface area contributed by atoms with Crippen molar-refractivity contribution >= 4 is 5.91 Å². The van der Waals surface area contributed by atoms with Gasteiger partial charge in [0.15, 0.2) is 0 Å². The lowest BCUT2D eigenvalue weighted by Gasteiger charge is -2.41. The maximum atomic E-state index is 13.1. The first-order valence-electron chi connectivity index (χ1n) is 7.63. The molecule has 116 valence electrons. The third-order valence-corrected chi connectivity index (χ3v) is 4.48. The molecule has 0 bridgehead atoms. The van der Waals surface area contributed by atoms with Gasteiger partial charge in [0.05, 0.1) is 0 Å². The summed E-state index contributed by atoms with van der Waals surface area (Å²) in [7, 11) is 0. The second-order valence-corrected chi connectivity index (χ2v) is 6.60. The van der Waals surface area contributed by atoms with Crippen molar-refractivity contribution < 1.29 is 9.18 Å². The third-order valence-electron chi connectivity index (χ3n) is 4.48. The molecule has 1 N–H and O–H groups in total. The number of hydrogen-bond acceptors (Lipinski definition) is 2. The highest BCUT2D eigenvalue weighted by molar-refractivity contribution is 5.96. The van der Waals surface area contributed by atoms with Crippen LogP contribution in [0.4, 0.5) is 4.39 Å². The molecule has 0 atom stereocenters. The molecule has 0 spiro atoms. The molecule has 1 aromatic carbocycles. The lowest BCUT2D eigenvalue weighted by molar-refractivity contribution is 0.0801. The lowest BCUT2D eigenvalue weighted by Crippen LogP contribution is -2.54. The minimum Gasteiger partial charge on any atom is -0.347 e. The zero-order valence-electron chi connectivity index (χ0n) is 13.4. The van der Waals surface area contributed by atoms with Crippen molar-refractivity contribution in [3.8, 4) is 0 Å². The minimum atomic E-state index is -0.305. The monoisotopic (exact) mass is 292 g/mol. The van der Waals surface area contributed by atoms with Gasteiger partial charge >= 0.3 is 0 Å². The molecule has 0 aromatic heterocycles. The largest absolute Gasteiger partial charge is 0.347 e. The number of hydrogen-bond donors (Lipinski definition) is 1. The Labute approximate surface area is 126 Å². The molecule has 3 nitrogen and oxygen atoms in total.